The van der Waals surface area contributed by atoms with Crippen molar-refractivity contribution < 1.29 is 19.1 Å². The lowest BCUT2D eigenvalue weighted by Crippen LogP contribution is -2.10. The predicted molar refractivity (Wildman–Crippen MR) is 99.8 cm³/mol. The predicted octanol–water partition coefficient (Wildman–Crippen LogP) is 5.33. The molecule has 1 aromatic rings. The normalized spacial score (nSPS) is 10.3. The van der Waals surface area contributed by atoms with E-state index in [4.69, 9.17) is 9.47 Å². The van der Waals surface area contributed by atoms with Crippen LogP contribution in [0.25, 0.3) is 0 Å². The van der Waals surface area contributed by atoms with Crippen LogP contribution in [0.4, 0.5) is 0 Å². The Bertz CT molecular complexity index is 536. The van der Waals surface area contributed by atoms with Gasteiger partial charge in [0, 0.05) is 0 Å². The van der Waals surface area contributed by atoms with Crippen LogP contribution in [-0.2, 0) is 9.47 Å². The summed E-state index contributed by atoms with van der Waals surface area (Å²) in [4.78, 5) is 24.0. The van der Waals surface area contributed by atoms with Crippen molar-refractivity contribution in [2.24, 2.45) is 0 Å². The van der Waals surface area contributed by atoms with Gasteiger partial charge in [-0.2, -0.15) is 0 Å². The summed E-state index contributed by atoms with van der Waals surface area (Å²) in [5.74, 6) is -0.815. The number of allylic oxidation sites excluding steroid dienone is 1. The zero-order chi connectivity index (χ0) is 18.3. The van der Waals surface area contributed by atoms with E-state index in [1.807, 2.05) is 0 Å². The van der Waals surface area contributed by atoms with E-state index < -0.39 is 11.9 Å². The molecule has 0 bridgehead atoms. The van der Waals surface area contributed by atoms with Crippen molar-refractivity contribution in [1.82, 2.24) is 0 Å². The molecule has 0 atom stereocenters. The maximum Gasteiger partial charge on any atom is 0.338 e. The Hall–Kier alpha value is -2.10. The molecule has 0 aromatic heterocycles. The highest BCUT2D eigenvalue weighted by atomic mass is 16.5. The summed E-state index contributed by atoms with van der Waals surface area (Å²) < 4.78 is 10.5. The molecule has 0 amide bonds. The second-order valence-corrected chi connectivity index (χ2v) is 6.05. The number of carbonyl (C=O) groups excluding carboxylic acids is 2. The van der Waals surface area contributed by atoms with Gasteiger partial charge < -0.3 is 9.47 Å². The minimum Gasteiger partial charge on any atom is -0.462 e. The first-order valence-electron chi connectivity index (χ1n) is 9.24. The topological polar surface area (TPSA) is 52.6 Å². The minimum atomic E-state index is -0.422. The van der Waals surface area contributed by atoms with Gasteiger partial charge >= 0.3 is 11.9 Å². The lowest BCUT2D eigenvalue weighted by Gasteiger charge is -2.07. The third-order valence-corrected chi connectivity index (χ3v) is 3.85. The highest BCUT2D eigenvalue weighted by Crippen LogP contribution is 2.10. The number of rotatable bonds is 13. The third-order valence-electron chi connectivity index (χ3n) is 3.85. The number of carbonyl (C=O) groups is 2. The van der Waals surface area contributed by atoms with Crippen molar-refractivity contribution in [2.45, 2.75) is 58.3 Å². The minimum absolute atomic E-state index is 0.345. The molecular formula is C21H30O4. The van der Waals surface area contributed by atoms with Crippen LogP contribution in [0.15, 0.2) is 36.9 Å². The standard InChI is InChI=1S/C21H30O4/c1-3-5-7-8-9-11-16-25-21(23)19-14-12-13-18(17-19)20(22)24-15-10-6-4-2/h4,12-14,17H,2-3,5-11,15-16H2,1H3. The van der Waals surface area contributed by atoms with E-state index in [9.17, 15) is 9.59 Å². The molecule has 0 saturated carbocycles. The summed E-state index contributed by atoms with van der Waals surface area (Å²) in [7, 11) is 0. The molecule has 0 fully saturated rings. The lowest BCUT2D eigenvalue weighted by atomic mass is 10.1. The maximum absolute atomic E-state index is 12.1. The summed E-state index contributed by atoms with van der Waals surface area (Å²) in [6.45, 7) is 6.57. The SMILES string of the molecule is C=CCCCOC(=O)c1cccc(C(=O)OCCCCCCCC)c1. The van der Waals surface area contributed by atoms with Crippen molar-refractivity contribution in [3.05, 3.63) is 48.0 Å². The van der Waals surface area contributed by atoms with Gasteiger partial charge in [-0.15, -0.1) is 6.58 Å². The molecule has 0 saturated heterocycles. The molecular weight excluding hydrogens is 316 g/mol. The van der Waals surface area contributed by atoms with Crippen LogP contribution in [0.1, 0.15) is 79.0 Å². The lowest BCUT2D eigenvalue weighted by molar-refractivity contribution is 0.0497. The van der Waals surface area contributed by atoms with Gasteiger partial charge in [0.05, 0.1) is 24.3 Å². The van der Waals surface area contributed by atoms with E-state index in [0.717, 1.165) is 25.7 Å². The molecule has 1 rings (SSSR count). The number of hydrogen-bond acceptors (Lipinski definition) is 4. The van der Waals surface area contributed by atoms with E-state index in [-0.39, 0.29) is 0 Å². The molecule has 0 N–H and O–H groups in total. The highest BCUT2D eigenvalue weighted by Gasteiger charge is 2.12. The van der Waals surface area contributed by atoms with Crippen LogP contribution >= 0.6 is 0 Å². The number of benzene rings is 1. The molecule has 138 valence electrons. The first-order valence-corrected chi connectivity index (χ1v) is 9.24. The number of hydrogen-bond donors (Lipinski definition) is 0. The Kier molecular flexibility index (Phi) is 11.1. The number of esters is 2. The largest absolute Gasteiger partial charge is 0.462 e. The Morgan fingerprint density at radius 1 is 0.920 bits per heavy atom. The summed E-state index contributed by atoms with van der Waals surface area (Å²) in [6, 6.07) is 6.49. The Morgan fingerprint density at radius 3 is 2.08 bits per heavy atom. The van der Waals surface area contributed by atoms with Crippen LogP contribution in [0.2, 0.25) is 0 Å². The van der Waals surface area contributed by atoms with Gasteiger partial charge in [-0.05, 0) is 37.5 Å². The van der Waals surface area contributed by atoms with Crippen molar-refractivity contribution in [2.75, 3.05) is 13.2 Å². The Balaban J connectivity index is 2.36. The van der Waals surface area contributed by atoms with Gasteiger partial charge in [-0.25, -0.2) is 9.59 Å². The summed E-state index contributed by atoms with van der Waals surface area (Å²) in [5.41, 5.74) is 0.749. The maximum atomic E-state index is 12.1. The fourth-order valence-electron chi connectivity index (χ4n) is 2.38. The molecule has 4 heteroatoms. The number of unbranched alkanes of at least 4 members (excludes halogenated alkanes) is 6. The van der Waals surface area contributed by atoms with Crippen LogP contribution in [0.5, 0.6) is 0 Å². The molecule has 0 aliphatic rings. The van der Waals surface area contributed by atoms with Crippen molar-refractivity contribution in [1.29, 1.82) is 0 Å². The Morgan fingerprint density at radius 2 is 1.48 bits per heavy atom. The van der Waals surface area contributed by atoms with E-state index in [2.05, 4.69) is 13.5 Å². The summed E-state index contributed by atoms with van der Waals surface area (Å²) >= 11 is 0. The molecule has 0 spiro atoms. The number of ether oxygens (including phenoxy) is 2. The molecule has 0 radical (unpaired) electrons. The molecule has 0 aliphatic carbocycles. The molecule has 0 heterocycles. The first-order chi connectivity index (χ1) is 12.2. The van der Waals surface area contributed by atoms with Crippen molar-refractivity contribution in [3.8, 4) is 0 Å². The molecule has 1 aromatic carbocycles. The second kappa shape index (κ2) is 13.2. The first kappa shape index (κ1) is 20.9. The quantitative estimate of drug-likeness (QED) is 0.275. The van der Waals surface area contributed by atoms with E-state index in [1.54, 1.807) is 24.3 Å². The molecule has 0 unspecified atom stereocenters. The Labute approximate surface area is 151 Å². The smallest absolute Gasteiger partial charge is 0.338 e. The summed E-state index contributed by atoms with van der Waals surface area (Å²) in [5, 5.41) is 0. The van der Waals surface area contributed by atoms with Gasteiger partial charge in [0.2, 0.25) is 0 Å². The van der Waals surface area contributed by atoms with Crippen LogP contribution in [0.3, 0.4) is 0 Å². The average Bonchev–Trinajstić information content (AvgIpc) is 2.64. The fourth-order valence-corrected chi connectivity index (χ4v) is 2.38. The van der Waals surface area contributed by atoms with Crippen LogP contribution in [0, 0.1) is 0 Å². The zero-order valence-electron chi connectivity index (χ0n) is 15.3. The molecule has 25 heavy (non-hydrogen) atoms. The highest BCUT2D eigenvalue weighted by molar-refractivity contribution is 5.95. The van der Waals surface area contributed by atoms with Gasteiger partial charge in [-0.3, -0.25) is 0 Å². The van der Waals surface area contributed by atoms with Crippen LogP contribution < -0.4 is 0 Å². The van der Waals surface area contributed by atoms with Gasteiger partial charge in [0.1, 0.15) is 0 Å². The van der Waals surface area contributed by atoms with E-state index in [1.165, 1.54) is 31.7 Å². The van der Waals surface area contributed by atoms with Crippen molar-refractivity contribution in [3.63, 3.8) is 0 Å². The van der Waals surface area contributed by atoms with Gasteiger partial charge in [0.15, 0.2) is 0 Å². The van der Waals surface area contributed by atoms with Gasteiger partial charge in [-0.1, -0.05) is 51.2 Å². The van der Waals surface area contributed by atoms with Gasteiger partial charge in [0.25, 0.3) is 0 Å². The molecule has 0 aliphatic heterocycles. The van der Waals surface area contributed by atoms with E-state index in [0.29, 0.717) is 24.3 Å². The molecule has 4 nitrogen and oxygen atoms in total. The average molecular weight is 346 g/mol. The third kappa shape index (κ3) is 9.08. The zero-order valence-corrected chi connectivity index (χ0v) is 15.3. The van der Waals surface area contributed by atoms with E-state index >= 15 is 0 Å². The fraction of sp³-hybridized carbons (Fsp3) is 0.524. The van der Waals surface area contributed by atoms with Crippen LogP contribution in [-0.4, -0.2) is 25.2 Å². The summed E-state index contributed by atoms with van der Waals surface area (Å²) in [6.07, 6.45) is 10.2. The second-order valence-electron chi connectivity index (χ2n) is 6.05. The van der Waals surface area contributed by atoms with Crippen molar-refractivity contribution >= 4 is 11.9 Å². The monoisotopic (exact) mass is 346 g/mol.